The predicted octanol–water partition coefficient (Wildman–Crippen LogP) is 7.14. The number of halogens is 4. The Balaban J connectivity index is 1.65. The lowest BCUT2D eigenvalue weighted by atomic mass is 10.1. The van der Waals surface area contributed by atoms with E-state index in [0.29, 0.717) is 10.7 Å². The van der Waals surface area contributed by atoms with E-state index in [-0.39, 0.29) is 35.6 Å². The Morgan fingerprint density at radius 1 is 1.11 bits per heavy atom. The first-order chi connectivity index (χ1) is 17.5. The summed E-state index contributed by atoms with van der Waals surface area (Å²) in [6, 6.07) is 17.0. The molecule has 1 fully saturated rings. The Morgan fingerprint density at radius 3 is 2.51 bits per heavy atom. The summed E-state index contributed by atoms with van der Waals surface area (Å²) in [7, 11) is 0. The van der Waals surface area contributed by atoms with Gasteiger partial charge < -0.3 is 5.32 Å². The molecule has 1 heterocycles. The van der Waals surface area contributed by atoms with Gasteiger partial charge >= 0.3 is 6.18 Å². The van der Waals surface area contributed by atoms with Gasteiger partial charge in [-0.2, -0.15) is 13.2 Å². The lowest BCUT2D eigenvalue weighted by Crippen LogP contribution is -2.44. The monoisotopic (exact) mass is 545 g/mol. The van der Waals surface area contributed by atoms with Crippen LogP contribution in [0, 0.1) is 13.8 Å². The van der Waals surface area contributed by atoms with Crippen LogP contribution in [0.25, 0.3) is 0 Å². The smallest absolute Gasteiger partial charge is 0.325 e. The zero-order valence-corrected chi connectivity index (χ0v) is 21.5. The van der Waals surface area contributed by atoms with E-state index in [1.165, 1.54) is 17.0 Å². The van der Waals surface area contributed by atoms with Gasteiger partial charge in [0.15, 0.2) is 5.17 Å². The van der Waals surface area contributed by atoms with Crippen LogP contribution in [0.1, 0.15) is 28.7 Å². The first-order valence-corrected chi connectivity index (χ1v) is 12.6. The maximum Gasteiger partial charge on any atom is 0.416 e. The molecule has 1 aliphatic rings. The fourth-order valence-electron chi connectivity index (χ4n) is 3.80. The van der Waals surface area contributed by atoms with Gasteiger partial charge in [0.2, 0.25) is 11.8 Å². The SMILES string of the molecule is Cc1ccc(NC(=O)C2CC(=O)N(Cc3ccc(Cl)cc3)C(=Nc3cccc(C(F)(F)F)c3)S2)c(C)c1. The highest BCUT2D eigenvalue weighted by Crippen LogP contribution is 2.34. The van der Waals surface area contributed by atoms with Gasteiger partial charge in [0, 0.05) is 17.1 Å². The molecule has 1 N–H and O–H groups in total. The van der Waals surface area contributed by atoms with Crippen LogP contribution in [0.2, 0.25) is 5.02 Å². The van der Waals surface area contributed by atoms with Gasteiger partial charge in [-0.15, -0.1) is 0 Å². The van der Waals surface area contributed by atoms with Crippen molar-refractivity contribution >= 4 is 51.7 Å². The summed E-state index contributed by atoms with van der Waals surface area (Å²) in [5.74, 6) is -0.742. The molecule has 0 radical (unpaired) electrons. The summed E-state index contributed by atoms with van der Waals surface area (Å²) >= 11 is 7.01. The summed E-state index contributed by atoms with van der Waals surface area (Å²) in [5, 5.41) is 2.73. The van der Waals surface area contributed by atoms with Crippen molar-refractivity contribution in [2.24, 2.45) is 4.99 Å². The number of benzene rings is 3. The number of carbonyl (C=O) groups is 2. The largest absolute Gasteiger partial charge is 0.416 e. The average Bonchev–Trinajstić information content (AvgIpc) is 2.83. The number of amides is 2. The average molecular weight is 546 g/mol. The van der Waals surface area contributed by atoms with Gasteiger partial charge in [0.25, 0.3) is 0 Å². The summed E-state index contributed by atoms with van der Waals surface area (Å²) in [6.07, 6.45) is -4.63. The van der Waals surface area contributed by atoms with Crippen LogP contribution in [0.5, 0.6) is 0 Å². The molecule has 0 aromatic heterocycles. The molecule has 3 aromatic carbocycles. The van der Waals surface area contributed by atoms with Crippen molar-refractivity contribution in [1.29, 1.82) is 0 Å². The molecule has 1 aliphatic heterocycles. The summed E-state index contributed by atoms with van der Waals surface area (Å²) in [5.41, 5.74) is 2.49. The number of rotatable bonds is 5. The number of nitrogens with zero attached hydrogens (tertiary/aromatic N) is 2. The zero-order chi connectivity index (χ0) is 26.7. The number of alkyl halides is 3. The van der Waals surface area contributed by atoms with Gasteiger partial charge in [0.1, 0.15) is 5.25 Å². The molecule has 0 spiro atoms. The minimum absolute atomic E-state index is 0.0293. The van der Waals surface area contributed by atoms with Crippen molar-refractivity contribution in [1.82, 2.24) is 4.90 Å². The van der Waals surface area contributed by atoms with Gasteiger partial charge in [-0.3, -0.25) is 14.5 Å². The van der Waals surface area contributed by atoms with Crippen molar-refractivity contribution in [3.05, 3.63) is 94.0 Å². The van der Waals surface area contributed by atoms with Gasteiger partial charge in [-0.1, -0.05) is 59.3 Å². The number of hydrogen-bond donors (Lipinski definition) is 1. The molecule has 4 rings (SSSR count). The number of carbonyl (C=O) groups excluding carboxylic acids is 2. The standard InChI is InChI=1S/C27H23ClF3N3O2S/c1-16-6-11-22(17(2)12-16)33-25(36)23-14-24(35)34(15-18-7-9-20(28)10-8-18)26(37-23)32-21-5-3-4-19(13-21)27(29,30)31/h3-13,23H,14-15H2,1-2H3,(H,33,36). The molecule has 0 aliphatic carbocycles. The van der Waals surface area contributed by atoms with E-state index in [4.69, 9.17) is 11.6 Å². The van der Waals surface area contributed by atoms with Gasteiger partial charge in [-0.25, -0.2) is 4.99 Å². The number of thioether (sulfide) groups is 1. The van der Waals surface area contributed by atoms with Crippen LogP contribution in [0.4, 0.5) is 24.5 Å². The number of anilines is 1. The van der Waals surface area contributed by atoms with Crippen LogP contribution < -0.4 is 5.32 Å². The Hall–Kier alpha value is -3.30. The second-order valence-electron chi connectivity index (χ2n) is 8.67. The van der Waals surface area contributed by atoms with Crippen molar-refractivity contribution in [3.63, 3.8) is 0 Å². The first kappa shape index (κ1) is 26.8. The molecule has 1 saturated heterocycles. The molecule has 3 aromatic rings. The summed E-state index contributed by atoms with van der Waals surface area (Å²) < 4.78 is 39.8. The van der Waals surface area contributed by atoms with Gasteiger partial charge in [0.05, 0.1) is 17.8 Å². The van der Waals surface area contributed by atoms with Crippen LogP contribution in [0.15, 0.2) is 71.7 Å². The molecular formula is C27H23ClF3N3O2S. The highest BCUT2D eigenvalue weighted by atomic mass is 35.5. The molecule has 2 amide bonds. The molecule has 10 heteroatoms. The Kier molecular flexibility index (Phi) is 7.94. The van der Waals surface area contributed by atoms with Crippen LogP contribution in [-0.2, 0) is 22.3 Å². The van der Waals surface area contributed by atoms with Gasteiger partial charge in [-0.05, 0) is 61.4 Å². The van der Waals surface area contributed by atoms with Crippen molar-refractivity contribution in [2.75, 3.05) is 5.32 Å². The van der Waals surface area contributed by atoms with Crippen LogP contribution in [-0.4, -0.2) is 27.1 Å². The molecule has 1 atom stereocenters. The molecule has 192 valence electrons. The predicted molar refractivity (Wildman–Crippen MR) is 141 cm³/mol. The Labute approximate surface area is 221 Å². The highest BCUT2D eigenvalue weighted by molar-refractivity contribution is 8.15. The number of aryl methyl sites for hydroxylation is 2. The molecule has 37 heavy (non-hydrogen) atoms. The van der Waals surface area contributed by atoms with Crippen LogP contribution in [0.3, 0.4) is 0 Å². The highest BCUT2D eigenvalue weighted by Gasteiger charge is 2.36. The van der Waals surface area contributed by atoms with E-state index in [0.717, 1.165) is 40.6 Å². The molecular weight excluding hydrogens is 523 g/mol. The lowest BCUT2D eigenvalue weighted by Gasteiger charge is -2.32. The molecule has 1 unspecified atom stereocenters. The fraction of sp³-hybridized carbons (Fsp3) is 0.222. The van der Waals surface area contributed by atoms with E-state index in [1.807, 2.05) is 26.0 Å². The third-order valence-corrected chi connectivity index (χ3v) is 7.16. The van der Waals surface area contributed by atoms with Crippen LogP contribution >= 0.6 is 23.4 Å². The second kappa shape index (κ2) is 11.0. The minimum atomic E-state index is -4.54. The lowest BCUT2D eigenvalue weighted by molar-refractivity contribution is -0.137. The zero-order valence-electron chi connectivity index (χ0n) is 20.0. The molecule has 0 bridgehead atoms. The van der Waals surface area contributed by atoms with E-state index in [2.05, 4.69) is 10.3 Å². The fourth-order valence-corrected chi connectivity index (χ4v) is 5.02. The van der Waals surface area contributed by atoms with E-state index >= 15 is 0 Å². The normalized spacial score (nSPS) is 17.2. The van der Waals surface area contributed by atoms with Crippen molar-refractivity contribution in [2.45, 2.75) is 38.2 Å². The van der Waals surface area contributed by atoms with Crippen molar-refractivity contribution < 1.29 is 22.8 Å². The Bertz CT molecular complexity index is 1360. The van der Waals surface area contributed by atoms with E-state index < -0.39 is 17.0 Å². The number of hydrogen-bond acceptors (Lipinski definition) is 4. The summed E-state index contributed by atoms with van der Waals surface area (Å²) in [4.78, 5) is 32.1. The number of aliphatic imine (C=N–C) groups is 1. The quantitative estimate of drug-likeness (QED) is 0.371. The number of nitrogens with one attached hydrogen (secondary N) is 1. The van der Waals surface area contributed by atoms with E-state index in [1.54, 1.807) is 30.3 Å². The first-order valence-electron chi connectivity index (χ1n) is 11.3. The third-order valence-electron chi connectivity index (χ3n) is 5.72. The molecule has 0 saturated carbocycles. The topological polar surface area (TPSA) is 61.8 Å². The number of amidine groups is 1. The Morgan fingerprint density at radius 2 is 1.84 bits per heavy atom. The summed E-state index contributed by atoms with van der Waals surface area (Å²) in [6.45, 7) is 3.95. The second-order valence-corrected chi connectivity index (χ2v) is 10.3. The third kappa shape index (κ3) is 6.72. The maximum absolute atomic E-state index is 13.3. The van der Waals surface area contributed by atoms with Crippen molar-refractivity contribution in [3.8, 4) is 0 Å². The maximum atomic E-state index is 13.3. The van der Waals surface area contributed by atoms with E-state index in [9.17, 15) is 22.8 Å². The minimum Gasteiger partial charge on any atom is -0.325 e. The molecule has 5 nitrogen and oxygen atoms in total.